The fourth-order valence-electron chi connectivity index (χ4n) is 5.54. The molecule has 3 aromatic rings. The highest BCUT2D eigenvalue weighted by molar-refractivity contribution is 5.89. The third-order valence-corrected chi connectivity index (χ3v) is 8.04. The second-order valence-electron chi connectivity index (χ2n) is 13.3. The molecule has 1 aliphatic rings. The number of rotatable bonds is 13. The first kappa shape index (κ1) is 33.7. The van der Waals surface area contributed by atoms with Crippen LogP contribution < -0.4 is 10.6 Å². The van der Waals surface area contributed by atoms with Gasteiger partial charge in [0, 0.05) is 31.4 Å². The number of aromatic nitrogens is 2. The molecule has 3 amide bonds. The largest absolute Gasteiger partial charge is 0.444 e. The summed E-state index contributed by atoms with van der Waals surface area (Å²) >= 11 is 0. The summed E-state index contributed by atoms with van der Waals surface area (Å²) in [5.41, 5.74) is 1.15. The summed E-state index contributed by atoms with van der Waals surface area (Å²) in [5, 5.41) is 17.5. The van der Waals surface area contributed by atoms with Crippen LogP contribution in [0.3, 0.4) is 0 Å². The molecule has 0 bridgehead atoms. The number of alkyl carbamates (subject to hydrolysis) is 1. The predicted molar refractivity (Wildman–Crippen MR) is 172 cm³/mol. The molecule has 2 aromatic carbocycles. The minimum atomic E-state index is -1.07. The van der Waals surface area contributed by atoms with E-state index in [0.29, 0.717) is 25.9 Å². The Hall–Kier alpha value is -4.18. The zero-order valence-electron chi connectivity index (χ0n) is 26.9. The Bertz CT molecular complexity index is 1370. The number of hydrogen-bond acceptors (Lipinski definition) is 6. The molecule has 45 heavy (non-hydrogen) atoms. The van der Waals surface area contributed by atoms with E-state index in [0.717, 1.165) is 11.1 Å². The number of carbonyl (C=O) groups excluding carboxylic acids is 3. The second-order valence-corrected chi connectivity index (χ2v) is 13.3. The molecule has 1 aromatic heterocycles. The van der Waals surface area contributed by atoms with Gasteiger partial charge < -0.3 is 29.9 Å². The van der Waals surface area contributed by atoms with E-state index in [1.54, 1.807) is 38.2 Å². The van der Waals surface area contributed by atoms with Crippen molar-refractivity contribution in [3.63, 3.8) is 0 Å². The summed E-state index contributed by atoms with van der Waals surface area (Å²) in [6.45, 7) is 10.3. The normalized spacial score (nSPS) is 16.3. The molecule has 2 heterocycles. The van der Waals surface area contributed by atoms with E-state index >= 15 is 0 Å². The van der Waals surface area contributed by atoms with E-state index in [-0.39, 0.29) is 30.2 Å². The maximum Gasteiger partial charge on any atom is 0.407 e. The Morgan fingerprint density at radius 3 is 2.09 bits per heavy atom. The molecule has 242 valence electrons. The molecule has 1 fully saturated rings. The maximum atomic E-state index is 14.0. The number of aliphatic hydroxyl groups is 1. The molecule has 0 spiro atoms. The van der Waals surface area contributed by atoms with E-state index < -0.39 is 35.8 Å². The summed E-state index contributed by atoms with van der Waals surface area (Å²) in [7, 11) is 0. The first-order valence-electron chi connectivity index (χ1n) is 15.7. The van der Waals surface area contributed by atoms with Crippen LogP contribution in [-0.2, 0) is 27.2 Å². The summed E-state index contributed by atoms with van der Waals surface area (Å²) in [6, 6.07) is 17.9. The van der Waals surface area contributed by atoms with Crippen molar-refractivity contribution in [3.8, 4) is 0 Å². The molecule has 3 N–H and O–H groups in total. The highest BCUT2D eigenvalue weighted by Gasteiger charge is 2.38. The van der Waals surface area contributed by atoms with Crippen LogP contribution in [-0.4, -0.2) is 74.3 Å². The van der Waals surface area contributed by atoms with Crippen molar-refractivity contribution < 1.29 is 24.2 Å². The quantitative estimate of drug-likeness (QED) is 0.265. The molecule has 1 aliphatic heterocycles. The van der Waals surface area contributed by atoms with Crippen molar-refractivity contribution in [1.82, 2.24) is 25.1 Å². The zero-order valence-corrected chi connectivity index (χ0v) is 26.9. The van der Waals surface area contributed by atoms with E-state index in [1.807, 2.05) is 85.3 Å². The number of ether oxygens (including phenoxy) is 1. The highest BCUT2D eigenvalue weighted by atomic mass is 16.6. The van der Waals surface area contributed by atoms with Crippen LogP contribution in [0.2, 0.25) is 0 Å². The molecule has 1 saturated heterocycles. The lowest BCUT2D eigenvalue weighted by atomic mass is 9.88. The molecule has 10 nitrogen and oxygen atoms in total. The highest BCUT2D eigenvalue weighted by Crippen LogP contribution is 2.24. The van der Waals surface area contributed by atoms with Gasteiger partial charge in [-0.15, -0.1) is 0 Å². The minimum Gasteiger partial charge on any atom is -0.444 e. The number of nitrogens with zero attached hydrogens (tertiary/aromatic N) is 3. The van der Waals surface area contributed by atoms with E-state index in [2.05, 4.69) is 15.6 Å². The monoisotopic (exact) mass is 617 g/mol. The SMILES string of the molecule is CC(C)[C@H](NC(=O)[C@@H](Cc1ccccc1)C[C@@H](O)[C@H](Cc1ccccc1)NC(=O)OC(C)(C)C)C(=O)N1CC(n2ccnc2)C1. The lowest BCUT2D eigenvalue weighted by Gasteiger charge is -2.42. The minimum absolute atomic E-state index is 0.0689. The van der Waals surface area contributed by atoms with Crippen LogP contribution in [0.4, 0.5) is 4.79 Å². The van der Waals surface area contributed by atoms with E-state index in [1.165, 1.54) is 0 Å². The predicted octanol–water partition coefficient (Wildman–Crippen LogP) is 4.15. The Labute approximate surface area is 266 Å². The van der Waals surface area contributed by atoms with Crippen molar-refractivity contribution in [1.29, 1.82) is 0 Å². The summed E-state index contributed by atoms with van der Waals surface area (Å²) in [4.78, 5) is 46.1. The fourth-order valence-corrected chi connectivity index (χ4v) is 5.54. The molecule has 4 rings (SSSR count). The van der Waals surface area contributed by atoms with Crippen molar-refractivity contribution in [2.45, 2.75) is 83.7 Å². The number of aliphatic hydroxyl groups excluding tert-OH is 1. The van der Waals surface area contributed by atoms with Crippen molar-refractivity contribution in [2.75, 3.05) is 13.1 Å². The lowest BCUT2D eigenvalue weighted by Crippen LogP contribution is -2.59. The molecule has 4 atom stereocenters. The van der Waals surface area contributed by atoms with E-state index in [9.17, 15) is 19.5 Å². The van der Waals surface area contributed by atoms with Gasteiger partial charge in [-0.25, -0.2) is 9.78 Å². The van der Waals surface area contributed by atoms with Crippen LogP contribution in [0.15, 0.2) is 79.4 Å². The average Bonchev–Trinajstić information content (AvgIpc) is 3.48. The van der Waals surface area contributed by atoms with Gasteiger partial charge in [0.15, 0.2) is 0 Å². The average molecular weight is 618 g/mol. The van der Waals surface area contributed by atoms with Gasteiger partial charge in [0.05, 0.1) is 24.5 Å². The number of benzene rings is 2. The van der Waals surface area contributed by atoms with Crippen LogP contribution in [0.25, 0.3) is 0 Å². The van der Waals surface area contributed by atoms with Crippen LogP contribution >= 0.6 is 0 Å². The molecular formula is C35H47N5O5. The molecular weight excluding hydrogens is 570 g/mol. The Morgan fingerprint density at radius 1 is 0.956 bits per heavy atom. The third kappa shape index (κ3) is 9.91. The summed E-state index contributed by atoms with van der Waals surface area (Å²) in [6.07, 6.45) is 4.42. The van der Waals surface area contributed by atoms with Crippen molar-refractivity contribution in [3.05, 3.63) is 90.5 Å². The third-order valence-electron chi connectivity index (χ3n) is 8.04. The van der Waals surface area contributed by atoms with Crippen LogP contribution in [0.5, 0.6) is 0 Å². The molecule has 0 saturated carbocycles. The topological polar surface area (TPSA) is 126 Å². The van der Waals surface area contributed by atoms with E-state index in [4.69, 9.17) is 4.74 Å². The van der Waals surface area contributed by atoms with Gasteiger partial charge in [-0.1, -0.05) is 74.5 Å². The number of amides is 3. The van der Waals surface area contributed by atoms with Crippen molar-refractivity contribution in [2.24, 2.45) is 11.8 Å². The fraction of sp³-hybridized carbons (Fsp3) is 0.486. The first-order chi connectivity index (χ1) is 21.4. The van der Waals surface area contributed by atoms with Gasteiger partial charge in [-0.2, -0.15) is 0 Å². The number of hydrogen-bond donors (Lipinski definition) is 3. The van der Waals surface area contributed by atoms with Gasteiger partial charge in [0.2, 0.25) is 11.8 Å². The van der Waals surface area contributed by atoms with Gasteiger partial charge in [0.1, 0.15) is 11.6 Å². The molecule has 0 aliphatic carbocycles. The van der Waals surface area contributed by atoms with Gasteiger partial charge in [-0.05, 0) is 57.1 Å². The lowest BCUT2D eigenvalue weighted by molar-refractivity contribution is -0.143. The number of carbonyl (C=O) groups is 3. The summed E-state index contributed by atoms with van der Waals surface area (Å²) < 4.78 is 7.48. The van der Waals surface area contributed by atoms with Crippen LogP contribution in [0.1, 0.15) is 58.2 Å². The second kappa shape index (κ2) is 15.2. The smallest absolute Gasteiger partial charge is 0.407 e. The maximum absolute atomic E-state index is 14.0. The Balaban J connectivity index is 1.50. The van der Waals surface area contributed by atoms with Crippen LogP contribution in [0, 0.1) is 11.8 Å². The van der Waals surface area contributed by atoms with Gasteiger partial charge >= 0.3 is 6.09 Å². The standard InChI is InChI=1S/C35H47N5O5/c1-24(2)31(33(43)40-21-28(22-40)39-17-16-36-23-39)38-32(42)27(18-25-12-8-6-9-13-25)20-30(41)29(19-26-14-10-7-11-15-26)37-34(44)45-35(3,4)5/h6-17,23-24,27-31,41H,18-22H2,1-5H3,(H,37,44)(H,38,42)/t27-,29-,30+,31-/m0/s1. The zero-order chi connectivity index (χ0) is 32.6. The molecule has 10 heteroatoms. The van der Waals surface area contributed by atoms with Gasteiger partial charge in [0.25, 0.3) is 0 Å². The number of likely N-dealkylation sites (tertiary alicyclic amines) is 1. The number of imidazole rings is 1. The van der Waals surface area contributed by atoms with Gasteiger partial charge in [-0.3, -0.25) is 9.59 Å². The number of nitrogens with one attached hydrogen (secondary N) is 2. The molecule has 0 radical (unpaired) electrons. The first-order valence-corrected chi connectivity index (χ1v) is 15.7. The summed E-state index contributed by atoms with van der Waals surface area (Å²) in [5.74, 6) is -1.24. The Morgan fingerprint density at radius 2 is 1.56 bits per heavy atom. The molecule has 0 unspecified atom stereocenters. The van der Waals surface area contributed by atoms with Crippen molar-refractivity contribution >= 4 is 17.9 Å². The Kier molecular flexibility index (Phi) is 11.4.